The van der Waals surface area contributed by atoms with Crippen molar-refractivity contribution in [1.82, 2.24) is 9.47 Å². The van der Waals surface area contributed by atoms with Crippen LogP contribution in [0, 0.1) is 5.41 Å². The van der Waals surface area contributed by atoms with E-state index >= 15 is 0 Å². The standard InChI is InChI=1S/C24H29ClN2O5/c1-15(14-32-16(2)28)27-13-6-17-18(21(27)29)4-5-19(25)20(17)22(30)26(3)24(31)11-9-23(7-8-23)10-12-24/h4-6,13,15,31H,7-12,14H2,1-3H3/t15-/m1/s1. The summed E-state index contributed by atoms with van der Waals surface area (Å²) in [6.45, 7) is 3.16. The second-order valence-corrected chi connectivity index (χ2v) is 9.82. The Balaban J connectivity index is 1.67. The highest BCUT2D eigenvalue weighted by Gasteiger charge is 2.51. The Morgan fingerprint density at radius 1 is 1.16 bits per heavy atom. The van der Waals surface area contributed by atoms with Gasteiger partial charge in [-0.25, -0.2) is 0 Å². The number of rotatable bonds is 5. The van der Waals surface area contributed by atoms with Gasteiger partial charge in [-0.1, -0.05) is 11.6 Å². The van der Waals surface area contributed by atoms with Crippen molar-refractivity contribution in [1.29, 1.82) is 0 Å². The molecule has 1 aromatic carbocycles. The molecule has 2 saturated carbocycles. The fraction of sp³-hybridized carbons (Fsp3) is 0.542. The van der Waals surface area contributed by atoms with E-state index < -0.39 is 17.6 Å². The molecule has 2 fully saturated rings. The lowest BCUT2D eigenvalue weighted by Gasteiger charge is -2.42. The van der Waals surface area contributed by atoms with E-state index in [4.69, 9.17) is 16.3 Å². The second-order valence-electron chi connectivity index (χ2n) is 9.41. The summed E-state index contributed by atoms with van der Waals surface area (Å²) in [5, 5.41) is 12.2. The number of benzene rings is 1. The van der Waals surface area contributed by atoms with E-state index in [1.807, 2.05) is 0 Å². The van der Waals surface area contributed by atoms with Crippen LogP contribution in [-0.4, -0.2) is 45.8 Å². The number of hydrogen-bond donors (Lipinski definition) is 1. The van der Waals surface area contributed by atoms with Gasteiger partial charge in [-0.15, -0.1) is 0 Å². The third kappa shape index (κ3) is 4.04. The van der Waals surface area contributed by atoms with E-state index in [-0.39, 0.29) is 28.8 Å². The number of esters is 1. The number of carbonyl (C=O) groups excluding carboxylic acids is 2. The minimum absolute atomic E-state index is 0.0669. The van der Waals surface area contributed by atoms with E-state index in [0.717, 1.165) is 12.8 Å². The van der Waals surface area contributed by atoms with Crippen LogP contribution in [0.3, 0.4) is 0 Å². The molecule has 1 N–H and O–H groups in total. The maximum absolute atomic E-state index is 13.5. The Morgan fingerprint density at radius 2 is 1.78 bits per heavy atom. The van der Waals surface area contributed by atoms with Crippen LogP contribution in [0.5, 0.6) is 0 Å². The Morgan fingerprint density at radius 3 is 2.38 bits per heavy atom. The van der Waals surface area contributed by atoms with Crippen molar-refractivity contribution < 1.29 is 19.4 Å². The number of halogens is 1. The van der Waals surface area contributed by atoms with Gasteiger partial charge in [0.1, 0.15) is 12.3 Å². The molecule has 1 heterocycles. The first-order valence-electron chi connectivity index (χ1n) is 11.0. The maximum Gasteiger partial charge on any atom is 0.302 e. The molecule has 1 spiro atoms. The zero-order chi connectivity index (χ0) is 23.3. The van der Waals surface area contributed by atoms with Crippen molar-refractivity contribution in [2.24, 2.45) is 5.41 Å². The molecular formula is C24H29ClN2O5. The van der Waals surface area contributed by atoms with Gasteiger partial charge >= 0.3 is 5.97 Å². The Kier molecular flexibility index (Phi) is 5.84. The van der Waals surface area contributed by atoms with Crippen LogP contribution in [0.4, 0.5) is 0 Å². The van der Waals surface area contributed by atoms with E-state index in [2.05, 4.69) is 0 Å². The fourth-order valence-corrected chi connectivity index (χ4v) is 4.99. The highest BCUT2D eigenvalue weighted by atomic mass is 35.5. The number of amides is 1. The molecule has 1 aromatic heterocycles. The first-order chi connectivity index (χ1) is 15.1. The number of nitrogens with zero attached hydrogens (tertiary/aromatic N) is 2. The van der Waals surface area contributed by atoms with Crippen LogP contribution in [-0.2, 0) is 9.53 Å². The maximum atomic E-state index is 13.5. The summed E-state index contributed by atoms with van der Waals surface area (Å²) in [5.41, 5.74) is -0.934. The summed E-state index contributed by atoms with van der Waals surface area (Å²) in [4.78, 5) is 39.1. The summed E-state index contributed by atoms with van der Waals surface area (Å²) in [6, 6.07) is 4.44. The minimum atomic E-state index is -1.22. The van der Waals surface area contributed by atoms with Gasteiger partial charge in [-0.3, -0.25) is 14.4 Å². The summed E-state index contributed by atoms with van der Waals surface area (Å²) in [5.74, 6) is -0.818. The van der Waals surface area contributed by atoms with E-state index in [9.17, 15) is 19.5 Å². The third-order valence-corrected chi connectivity index (χ3v) is 7.59. The molecule has 7 nitrogen and oxygen atoms in total. The molecule has 2 aliphatic rings. The third-order valence-electron chi connectivity index (χ3n) is 7.28. The number of aliphatic hydroxyl groups is 1. The molecule has 1 amide bonds. The first kappa shape index (κ1) is 22.8. The lowest BCUT2D eigenvalue weighted by Crippen LogP contribution is -2.52. The van der Waals surface area contributed by atoms with Crippen molar-refractivity contribution >= 4 is 34.2 Å². The quantitative estimate of drug-likeness (QED) is 0.540. The van der Waals surface area contributed by atoms with Crippen LogP contribution in [0.25, 0.3) is 10.8 Å². The van der Waals surface area contributed by atoms with Gasteiger partial charge in [-0.2, -0.15) is 0 Å². The minimum Gasteiger partial charge on any atom is -0.464 e. The molecule has 0 radical (unpaired) electrons. The van der Waals surface area contributed by atoms with Gasteiger partial charge in [0.05, 0.1) is 16.6 Å². The lowest BCUT2D eigenvalue weighted by atomic mass is 9.80. The van der Waals surface area contributed by atoms with Gasteiger partial charge in [0.15, 0.2) is 0 Å². The van der Waals surface area contributed by atoms with Crippen LogP contribution < -0.4 is 5.56 Å². The first-order valence-corrected chi connectivity index (χ1v) is 11.4. The van der Waals surface area contributed by atoms with Crippen molar-refractivity contribution in [2.45, 2.75) is 64.1 Å². The lowest BCUT2D eigenvalue weighted by molar-refractivity contribution is -0.141. The van der Waals surface area contributed by atoms with Crippen molar-refractivity contribution in [2.75, 3.05) is 13.7 Å². The summed E-state index contributed by atoms with van der Waals surface area (Å²) in [6.07, 6.45) is 6.90. The second kappa shape index (κ2) is 8.19. The summed E-state index contributed by atoms with van der Waals surface area (Å²) < 4.78 is 6.50. The molecule has 0 aliphatic heterocycles. The monoisotopic (exact) mass is 460 g/mol. The number of fused-ring (bicyclic) bond motifs is 1. The Hall–Kier alpha value is -2.38. The zero-order valence-corrected chi connectivity index (χ0v) is 19.4. The molecule has 1 atom stereocenters. The number of carbonyl (C=O) groups is 2. The smallest absolute Gasteiger partial charge is 0.302 e. The predicted molar refractivity (Wildman–Crippen MR) is 122 cm³/mol. The topological polar surface area (TPSA) is 88.8 Å². The summed E-state index contributed by atoms with van der Waals surface area (Å²) in [7, 11) is 1.60. The van der Waals surface area contributed by atoms with Crippen molar-refractivity contribution in [3.8, 4) is 0 Å². The molecule has 0 bridgehead atoms. The predicted octanol–water partition coefficient (Wildman–Crippen LogP) is 3.89. The van der Waals surface area contributed by atoms with E-state index in [1.54, 1.807) is 32.3 Å². The average molecular weight is 461 g/mol. The van der Waals surface area contributed by atoms with Crippen molar-refractivity contribution in [3.05, 3.63) is 45.3 Å². The number of ether oxygens (including phenoxy) is 1. The summed E-state index contributed by atoms with van der Waals surface area (Å²) >= 11 is 6.43. The highest BCUT2D eigenvalue weighted by molar-refractivity contribution is 6.35. The molecule has 4 rings (SSSR count). The highest BCUT2D eigenvalue weighted by Crippen LogP contribution is 2.58. The molecule has 2 aromatic rings. The van der Waals surface area contributed by atoms with Gasteiger partial charge in [0.2, 0.25) is 0 Å². The fourth-order valence-electron chi connectivity index (χ4n) is 4.75. The SMILES string of the molecule is CC(=O)OC[C@@H](C)n1ccc2c(C(=O)N(C)C3(O)CCC4(CC4)CC3)c(Cl)ccc2c1=O. The molecule has 2 aliphatic carbocycles. The van der Waals surface area contributed by atoms with E-state index in [0.29, 0.717) is 29.0 Å². The van der Waals surface area contributed by atoms with Gasteiger partial charge in [0, 0.05) is 30.9 Å². The molecular weight excluding hydrogens is 432 g/mol. The Bertz CT molecular complexity index is 1130. The van der Waals surface area contributed by atoms with Crippen LogP contribution in [0.15, 0.2) is 29.2 Å². The number of pyridine rings is 1. The molecule has 8 heteroatoms. The Labute approximate surface area is 191 Å². The zero-order valence-electron chi connectivity index (χ0n) is 18.7. The van der Waals surface area contributed by atoms with Crippen LogP contribution >= 0.6 is 11.6 Å². The molecule has 0 unspecified atom stereocenters. The average Bonchev–Trinajstić information content (AvgIpc) is 3.53. The molecule has 0 saturated heterocycles. The van der Waals surface area contributed by atoms with Crippen LogP contribution in [0.2, 0.25) is 5.02 Å². The van der Waals surface area contributed by atoms with Gasteiger partial charge in [0.25, 0.3) is 11.5 Å². The number of aromatic nitrogens is 1. The van der Waals surface area contributed by atoms with E-state index in [1.165, 1.54) is 35.3 Å². The number of hydrogen-bond acceptors (Lipinski definition) is 5. The largest absolute Gasteiger partial charge is 0.464 e. The molecule has 172 valence electrons. The van der Waals surface area contributed by atoms with Gasteiger partial charge in [-0.05, 0) is 69.1 Å². The molecule has 32 heavy (non-hydrogen) atoms. The van der Waals surface area contributed by atoms with Crippen molar-refractivity contribution in [3.63, 3.8) is 0 Å². The normalized spacial score (nSPS) is 19.5. The van der Waals surface area contributed by atoms with Gasteiger partial charge < -0.3 is 19.3 Å². The van der Waals surface area contributed by atoms with Crippen LogP contribution in [0.1, 0.15) is 68.8 Å².